The highest BCUT2D eigenvalue weighted by molar-refractivity contribution is 6.33. The van der Waals surface area contributed by atoms with Gasteiger partial charge in [-0.3, -0.25) is 0 Å². The van der Waals surface area contributed by atoms with E-state index in [1.807, 2.05) is 6.92 Å². The minimum atomic E-state index is 0.340. The molecule has 0 atom stereocenters. The molecule has 2 rings (SSSR count). The molecule has 76 valence electrons. The molecular formula is C9H12ClN3O. The molecule has 4 nitrogen and oxygen atoms in total. The fourth-order valence-corrected chi connectivity index (χ4v) is 1.55. The van der Waals surface area contributed by atoms with Crippen LogP contribution in [0, 0.1) is 0 Å². The largest absolute Gasteiger partial charge is 0.377 e. The summed E-state index contributed by atoms with van der Waals surface area (Å²) < 4.78 is 5.05. The van der Waals surface area contributed by atoms with Crippen LogP contribution < -0.4 is 5.32 Å². The first kappa shape index (κ1) is 9.68. The number of rotatable bonds is 3. The molecule has 1 aliphatic rings. The van der Waals surface area contributed by atoms with Crippen molar-refractivity contribution >= 4 is 17.4 Å². The molecule has 14 heavy (non-hydrogen) atoms. The van der Waals surface area contributed by atoms with Crippen molar-refractivity contribution in [3.8, 4) is 0 Å². The Balaban J connectivity index is 2.15. The topological polar surface area (TPSA) is 47.0 Å². The molecular weight excluding hydrogens is 202 g/mol. The Hall–Kier alpha value is -0.870. The molecule has 1 fully saturated rings. The van der Waals surface area contributed by atoms with E-state index in [2.05, 4.69) is 15.3 Å². The molecule has 0 unspecified atom stereocenters. The quantitative estimate of drug-likeness (QED) is 0.827. The van der Waals surface area contributed by atoms with Crippen molar-refractivity contribution in [2.45, 2.75) is 19.4 Å². The third kappa shape index (κ3) is 1.81. The smallest absolute Gasteiger partial charge is 0.148 e. The Morgan fingerprint density at radius 3 is 2.93 bits per heavy atom. The summed E-state index contributed by atoms with van der Waals surface area (Å²) in [5.41, 5.74) is 0.879. The Morgan fingerprint density at radius 1 is 1.57 bits per heavy atom. The van der Waals surface area contributed by atoms with E-state index >= 15 is 0 Å². The predicted molar refractivity (Wildman–Crippen MR) is 54.6 cm³/mol. The summed E-state index contributed by atoms with van der Waals surface area (Å²) in [5.74, 6) is 0.715. The van der Waals surface area contributed by atoms with Crippen LogP contribution in [0.5, 0.6) is 0 Å². The van der Waals surface area contributed by atoms with Gasteiger partial charge in [-0.25, -0.2) is 9.97 Å². The van der Waals surface area contributed by atoms with Crippen molar-refractivity contribution in [3.05, 3.63) is 17.0 Å². The summed E-state index contributed by atoms with van der Waals surface area (Å²) in [4.78, 5) is 8.19. The Kier molecular flexibility index (Phi) is 2.84. The molecule has 0 bridgehead atoms. The molecule has 0 radical (unpaired) electrons. The van der Waals surface area contributed by atoms with Gasteiger partial charge in [0.25, 0.3) is 0 Å². The molecule has 0 aromatic carbocycles. The number of nitrogens with one attached hydrogen (secondary N) is 1. The zero-order valence-electron chi connectivity index (χ0n) is 7.96. The number of anilines is 1. The second-order valence-corrected chi connectivity index (χ2v) is 3.59. The van der Waals surface area contributed by atoms with Crippen LogP contribution >= 0.6 is 11.6 Å². The lowest BCUT2D eigenvalue weighted by atomic mass is 10.2. The summed E-state index contributed by atoms with van der Waals surface area (Å²) in [6, 6.07) is 0.340. The first-order chi connectivity index (χ1) is 6.81. The van der Waals surface area contributed by atoms with Gasteiger partial charge in [-0.2, -0.15) is 0 Å². The lowest BCUT2D eigenvalue weighted by Gasteiger charge is -2.27. The monoisotopic (exact) mass is 213 g/mol. The van der Waals surface area contributed by atoms with E-state index in [0.29, 0.717) is 16.9 Å². The zero-order valence-corrected chi connectivity index (χ0v) is 8.71. The van der Waals surface area contributed by atoms with Gasteiger partial charge in [-0.15, -0.1) is 0 Å². The predicted octanol–water partition coefficient (Wildman–Crippen LogP) is 1.50. The number of ether oxygens (including phenoxy) is 1. The van der Waals surface area contributed by atoms with Crippen LogP contribution in [0.15, 0.2) is 6.33 Å². The fourth-order valence-electron chi connectivity index (χ4n) is 1.27. The van der Waals surface area contributed by atoms with Crippen LogP contribution in [-0.2, 0) is 11.2 Å². The molecule has 0 amide bonds. The maximum absolute atomic E-state index is 6.11. The molecule has 0 saturated carbocycles. The van der Waals surface area contributed by atoms with Crippen LogP contribution in [0.1, 0.15) is 12.6 Å². The number of halogens is 1. The Morgan fingerprint density at radius 2 is 2.36 bits per heavy atom. The highest BCUT2D eigenvalue weighted by Gasteiger charge is 2.20. The molecule has 2 heterocycles. The molecule has 1 saturated heterocycles. The van der Waals surface area contributed by atoms with E-state index in [1.165, 1.54) is 6.33 Å². The molecule has 0 aliphatic carbocycles. The summed E-state index contributed by atoms with van der Waals surface area (Å²) in [7, 11) is 0. The SMILES string of the molecule is CCc1ncnc(NC2COC2)c1Cl. The molecule has 5 heteroatoms. The zero-order chi connectivity index (χ0) is 9.97. The normalized spacial score (nSPS) is 16.4. The van der Waals surface area contributed by atoms with E-state index in [0.717, 1.165) is 25.3 Å². The summed E-state index contributed by atoms with van der Waals surface area (Å²) in [6.07, 6.45) is 2.35. The highest BCUT2D eigenvalue weighted by atomic mass is 35.5. The van der Waals surface area contributed by atoms with Crippen LogP contribution in [0.2, 0.25) is 5.02 Å². The fraction of sp³-hybridized carbons (Fsp3) is 0.556. The van der Waals surface area contributed by atoms with Gasteiger partial charge in [0.2, 0.25) is 0 Å². The van der Waals surface area contributed by atoms with Gasteiger partial charge in [-0.1, -0.05) is 18.5 Å². The molecule has 0 spiro atoms. The van der Waals surface area contributed by atoms with Gasteiger partial charge in [-0.05, 0) is 6.42 Å². The van der Waals surface area contributed by atoms with Crippen molar-refractivity contribution in [1.29, 1.82) is 0 Å². The second-order valence-electron chi connectivity index (χ2n) is 3.22. The maximum Gasteiger partial charge on any atom is 0.148 e. The van der Waals surface area contributed by atoms with Gasteiger partial charge >= 0.3 is 0 Å². The van der Waals surface area contributed by atoms with Crippen LogP contribution in [0.3, 0.4) is 0 Å². The number of hydrogen-bond acceptors (Lipinski definition) is 4. The van der Waals surface area contributed by atoms with Gasteiger partial charge in [0.15, 0.2) is 0 Å². The molecule has 1 N–H and O–H groups in total. The van der Waals surface area contributed by atoms with Crippen LogP contribution in [0.4, 0.5) is 5.82 Å². The van der Waals surface area contributed by atoms with E-state index < -0.39 is 0 Å². The van der Waals surface area contributed by atoms with E-state index in [1.54, 1.807) is 0 Å². The van der Waals surface area contributed by atoms with Crippen LogP contribution in [-0.4, -0.2) is 29.2 Å². The molecule has 1 aromatic rings. The molecule has 1 aliphatic heterocycles. The Labute approximate surface area is 87.7 Å². The Bertz CT molecular complexity index is 328. The van der Waals surface area contributed by atoms with Gasteiger partial charge < -0.3 is 10.1 Å². The van der Waals surface area contributed by atoms with E-state index in [-0.39, 0.29) is 0 Å². The highest BCUT2D eigenvalue weighted by Crippen LogP contribution is 2.23. The van der Waals surface area contributed by atoms with Crippen molar-refractivity contribution < 1.29 is 4.74 Å². The third-order valence-corrected chi connectivity index (χ3v) is 2.57. The minimum Gasteiger partial charge on any atom is -0.377 e. The van der Waals surface area contributed by atoms with E-state index in [4.69, 9.17) is 16.3 Å². The number of nitrogens with zero attached hydrogens (tertiary/aromatic N) is 2. The standard InChI is InChI=1S/C9H12ClN3O/c1-2-7-8(10)9(12-5-11-7)13-6-3-14-4-6/h5-6H,2-4H2,1H3,(H,11,12,13). The lowest BCUT2D eigenvalue weighted by molar-refractivity contribution is 0.0209. The van der Waals surface area contributed by atoms with E-state index in [9.17, 15) is 0 Å². The third-order valence-electron chi connectivity index (χ3n) is 2.18. The van der Waals surface area contributed by atoms with Gasteiger partial charge in [0.1, 0.15) is 17.2 Å². The maximum atomic E-state index is 6.11. The average molecular weight is 214 g/mol. The summed E-state index contributed by atoms with van der Waals surface area (Å²) in [5, 5.41) is 3.84. The van der Waals surface area contributed by atoms with Crippen LogP contribution in [0.25, 0.3) is 0 Å². The molecule has 1 aromatic heterocycles. The van der Waals surface area contributed by atoms with Gasteiger partial charge in [0, 0.05) is 0 Å². The lowest BCUT2D eigenvalue weighted by Crippen LogP contribution is -2.40. The number of hydrogen-bond donors (Lipinski definition) is 1. The summed E-state index contributed by atoms with van der Waals surface area (Å²) in [6.45, 7) is 3.47. The van der Waals surface area contributed by atoms with Gasteiger partial charge in [0.05, 0.1) is 24.9 Å². The summed E-state index contributed by atoms with van der Waals surface area (Å²) >= 11 is 6.11. The first-order valence-electron chi connectivity index (χ1n) is 4.65. The van der Waals surface area contributed by atoms with Crippen molar-refractivity contribution in [3.63, 3.8) is 0 Å². The van der Waals surface area contributed by atoms with Crippen molar-refractivity contribution in [1.82, 2.24) is 9.97 Å². The van der Waals surface area contributed by atoms with Crippen molar-refractivity contribution in [2.24, 2.45) is 0 Å². The minimum absolute atomic E-state index is 0.340. The second kappa shape index (κ2) is 4.11. The number of aromatic nitrogens is 2. The number of aryl methyl sites for hydroxylation is 1. The first-order valence-corrected chi connectivity index (χ1v) is 5.02. The van der Waals surface area contributed by atoms with Crippen molar-refractivity contribution in [2.75, 3.05) is 18.5 Å². The average Bonchev–Trinajstić information content (AvgIpc) is 2.13.